The Hall–Kier alpha value is -2.10. The van der Waals surface area contributed by atoms with Gasteiger partial charge in [-0.2, -0.15) is 4.98 Å². The molecule has 0 unspecified atom stereocenters. The van der Waals surface area contributed by atoms with E-state index in [-0.39, 0.29) is 5.95 Å². The van der Waals surface area contributed by atoms with Gasteiger partial charge in [0.1, 0.15) is 0 Å². The minimum Gasteiger partial charge on any atom is -0.481 e. The lowest BCUT2D eigenvalue weighted by atomic mass is 10.00. The van der Waals surface area contributed by atoms with E-state index in [1.165, 1.54) is 0 Å². The first-order valence-corrected chi connectivity index (χ1v) is 5.37. The first-order valence-electron chi connectivity index (χ1n) is 5.37. The maximum absolute atomic E-state index is 5.67. The molecule has 0 aliphatic carbocycles. The Morgan fingerprint density at radius 2 is 1.76 bits per heavy atom. The molecule has 0 aliphatic rings. The molecule has 1 aromatic heterocycles. The molecule has 0 bridgehead atoms. The first kappa shape index (κ1) is 11.4. The zero-order valence-corrected chi connectivity index (χ0v) is 10.2. The van der Waals surface area contributed by atoms with E-state index in [9.17, 15) is 0 Å². The molecule has 0 saturated heterocycles. The summed E-state index contributed by atoms with van der Waals surface area (Å²) in [5.41, 5.74) is 9.86. The highest BCUT2D eigenvalue weighted by atomic mass is 16.5. The maximum Gasteiger partial charge on any atom is 0.223 e. The summed E-state index contributed by atoms with van der Waals surface area (Å²) in [5, 5.41) is 0. The highest BCUT2D eigenvalue weighted by molar-refractivity contribution is 5.68. The Labute approximate surface area is 100 Å². The van der Waals surface area contributed by atoms with Crippen molar-refractivity contribution in [1.82, 2.24) is 9.97 Å². The van der Waals surface area contributed by atoms with E-state index in [2.05, 4.69) is 9.97 Å². The number of methoxy groups -OCH3 is 1. The molecule has 88 valence electrons. The van der Waals surface area contributed by atoms with Gasteiger partial charge in [-0.3, -0.25) is 0 Å². The van der Waals surface area contributed by atoms with Crippen LogP contribution in [-0.2, 0) is 0 Å². The molecule has 0 amide bonds. The third-order valence-corrected chi connectivity index (χ3v) is 2.67. The monoisotopic (exact) mass is 229 g/mol. The predicted molar refractivity (Wildman–Crippen MR) is 67.9 cm³/mol. The van der Waals surface area contributed by atoms with E-state index in [1.807, 2.05) is 32.0 Å². The molecule has 17 heavy (non-hydrogen) atoms. The third-order valence-electron chi connectivity index (χ3n) is 2.67. The zero-order valence-electron chi connectivity index (χ0n) is 10.2. The number of benzene rings is 1. The van der Waals surface area contributed by atoms with Crippen LogP contribution in [0.15, 0.2) is 24.3 Å². The number of aryl methyl sites for hydroxylation is 2. The van der Waals surface area contributed by atoms with Gasteiger partial charge >= 0.3 is 0 Å². The average molecular weight is 229 g/mol. The van der Waals surface area contributed by atoms with E-state index in [4.69, 9.17) is 10.5 Å². The Balaban J connectivity index is 2.64. The molecule has 4 nitrogen and oxygen atoms in total. The van der Waals surface area contributed by atoms with Gasteiger partial charge in [-0.25, -0.2) is 4.98 Å². The molecular weight excluding hydrogens is 214 g/mol. The maximum atomic E-state index is 5.67. The van der Waals surface area contributed by atoms with Gasteiger partial charge in [0.15, 0.2) is 0 Å². The van der Waals surface area contributed by atoms with Crippen LogP contribution in [-0.4, -0.2) is 17.1 Å². The van der Waals surface area contributed by atoms with Crippen molar-refractivity contribution in [1.29, 1.82) is 0 Å². The fraction of sp³-hybridized carbons (Fsp3) is 0.231. The van der Waals surface area contributed by atoms with E-state index in [0.717, 1.165) is 22.4 Å². The first-order chi connectivity index (χ1) is 8.11. The zero-order chi connectivity index (χ0) is 12.4. The summed E-state index contributed by atoms with van der Waals surface area (Å²) >= 11 is 0. The van der Waals surface area contributed by atoms with Gasteiger partial charge in [0.2, 0.25) is 11.8 Å². The second kappa shape index (κ2) is 4.41. The van der Waals surface area contributed by atoms with Gasteiger partial charge in [0.25, 0.3) is 0 Å². The van der Waals surface area contributed by atoms with Crippen LogP contribution in [0.4, 0.5) is 5.95 Å². The van der Waals surface area contributed by atoms with Crippen LogP contribution in [0.2, 0.25) is 0 Å². The van der Waals surface area contributed by atoms with Crippen LogP contribution in [0.25, 0.3) is 11.3 Å². The highest BCUT2D eigenvalue weighted by Gasteiger charge is 2.09. The molecule has 2 rings (SSSR count). The number of aromatic nitrogens is 2. The van der Waals surface area contributed by atoms with Crippen LogP contribution >= 0.6 is 0 Å². The molecule has 1 heterocycles. The minimum atomic E-state index is 0.224. The molecule has 2 N–H and O–H groups in total. The van der Waals surface area contributed by atoms with Crippen LogP contribution in [0.3, 0.4) is 0 Å². The number of ether oxygens (including phenoxy) is 1. The van der Waals surface area contributed by atoms with E-state index in [0.29, 0.717) is 5.88 Å². The summed E-state index contributed by atoms with van der Waals surface area (Å²) in [4.78, 5) is 8.24. The predicted octanol–water partition coefficient (Wildman–Crippen LogP) is 2.35. The number of nitrogen functional groups attached to an aromatic ring is 1. The van der Waals surface area contributed by atoms with Gasteiger partial charge in [0.05, 0.1) is 12.8 Å². The van der Waals surface area contributed by atoms with Crippen molar-refractivity contribution in [3.63, 3.8) is 0 Å². The standard InChI is InChI=1S/C13H15N3O/c1-8-5-4-6-9(2)12(8)10-7-11(17-3)16-13(14)15-10/h4-7H,1-3H3,(H2,14,15,16). The molecule has 0 fully saturated rings. The van der Waals surface area contributed by atoms with Crippen molar-refractivity contribution < 1.29 is 4.74 Å². The molecule has 2 aromatic rings. The second-order valence-electron chi connectivity index (χ2n) is 3.92. The van der Waals surface area contributed by atoms with Crippen LogP contribution < -0.4 is 10.5 Å². The summed E-state index contributed by atoms with van der Waals surface area (Å²) in [6, 6.07) is 7.92. The van der Waals surface area contributed by atoms with Gasteiger partial charge < -0.3 is 10.5 Å². The summed E-state index contributed by atoms with van der Waals surface area (Å²) in [6.07, 6.45) is 0. The van der Waals surface area contributed by atoms with Crippen molar-refractivity contribution in [2.75, 3.05) is 12.8 Å². The van der Waals surface area contributed by atoms with E-state index < -0.39 is 0 Å². The Morgan fingerprint density at radius 1 is 1.12 bits per heavy atom. The van der Waals surface area contributed by atoms with Crippen LogP contribution in [0, 0.1) is 13.8 Å². The lowest BCUT2D eigenvalue weighted by Crippen LogP contribution is -2.00. The van der Waals surface area contributed by atoms with Crippen molar-refractivity contribution in [2.45, 2.75) is 13.8 Å². The largest absolute Gasteiger partial charge is 0.481 e. The second-order valence-corrected chi connectivity index (χ2v) is 3.92. The van der Waals surface area contributed by atoms with Crippen LogP contribution in [0.5, 0.6) is 5.88 Å². The molecule has 0 spiro atoms. The summed E-state index contributed by atoms with van der Waals surface area (Å²) in [7, 11) is 1.57. The smallest absolute Gasteiger partial charge is 0.223 e. The van der Waals surface area contributed by atoms with Crippen LogP contribution in [0.1, 0.15) is 11.1 Å². The molecule has 0 radical (unpaired) electrons. The van der Waals surface area contributed by atoms with Gasteiger partial charge in [-0.1, -0.05) is 18.2 Å². The summed E-state index contributed by atoms with van der Waals surface area (Å²) in [5.74, 6) is 0.706. The lowest BCUT2D eigenvalue weighted by molar-refractivity contribution is 0.398. The molecule has 4 heteroatoms. The fourth-order valence-electron chi connectivity index (χ4n) is 1.89. The van der Waals surface area contributed by atoms with Gasteiger partial charge in [0, 0.05) is 11.6 Å². The number of hydrogen-bond acceptors (Lipinski definition) is 4. The number of nitrogens with zero attached hydrogens (tertiary/aromatic N) is 2. The van der Waals surface area contributed by atoms with Crippen molar-refractivity contribution in [3.05, 3.63) is 35.4 Å². The average Bonchev–Trinajstić information content (AvgIpc) is 2.28. The van der Waals surface area contributed by atoms with Gasteiger partial charge in [-0.05, 0) is 25.0 Å². The quantitative estimate of drug-likeness (QED) is 0.858. The van der Waals surface area contributed by atoms with Gasteiger partial charge in [-0.15, -0.1) is 0 Å². The van der Waals surface area contributed by atoms with Crippen molar-refractivity contribution in [3.8, 4) is 17.1 Å². The number of rotatable bonds is 2. The molecule has 0 aliphatic heterocycles. The summed E-state index contributed by atoms with van der Waals surface area (Å²) < 4.78 is 5.11. The fourth-order valence-corrected chi connectivity index (χ4v) is 1.89. The molecular formula is C13H15N3O. The number of hydrogen-bond donors (Lipinski definition) is 1. The topological polar surface area (TPSA) is 61.0 Å². The normalized spacial score (nSPS) is 10.3. The highest BCUT2D eigenvalue weighted by Crippen LogP contribution is 2.27. The molecule has 1 aromatic carbocycles. The Bertz CT molecular complexity index is 532. The minimum absolute atomic E-state index is 0.224. The van der Waals surface area contributed by atoms with E-state index >= 15 is 0 Å². The lowest BCUT2D eigenvalue weighted by Gasteiger charge is -2.10. The van der Waals surface area contributed by atoms with Crippen molar-refractivity contribution in [2.24, 2.45) is 0 Å². The number of nitrogens with two attached hydrogens (primary N) is 1. The third kappa shape index (κ3) is 2.20. The Morgan fingerprint density at radius 3 is 2.35 bits per heavy atom. The molecule has 0 atom stereocenters. The van der Waals surface area contributed by atoms with E-state index in [1.54, 1.807) is 13.2 Å². The Kier molecular flexibility index (Phi) is 2.95. The number of anilines is 1. The van der Waals surface area contributed by atoms with Crippen molar-refractivity contribution >= 4 is 5.95 Å². The summed E-state index contributed by atoms with van der Waals surface area (Å²) in [6.45, 7) is 4.10. The SMILES string of the molecule is COc1cc(-c2c(C)cccc2C)nc(N)n1. The molecule has 0 saturated carbocycles.